The number of nitrogens with zero attached hydrogens (tertiary/aromatic N) is 1. The van der Waals surface area contributed by atoms with Crippen LogP contribution in [-0.2, 0) is 14.8 Å². The van der Waals surface area contributed by atoms with Crippen LogP contribution in [0.4, 0.5) is 11.4 Å². The zero-order valence-corrected chi connectivity index (χ0v) is 14.7. The number of para-hydroxylation sites is 1. The molecule has 1 N–H and O–H groups in total. The molecule has 1 heterocycles. The second-order valence-corrected chi connectivity index (χ2v) is 7.96. The second-order valence-electron chi connectivity index (χ2n) is 6.10. The van der Waals surface area contributed by atoms with Crippen molar-refractivity contribution in [3.05, 3.63) is 59.7 Å². The molecule has 0 radical (unpaired) electrons. The fraction of sp³-hybridized carbons (Fsp3) is 0.222. The number of rotatable bonds is 3. The number of nitrogens with one attached hydrogen (secondary N) is 1. The molecule has 6 nitrogen and oxygen atoms in total. The lowest BCUT2D eigenvalue weighted by Gasteiger charge is -2.16. The van der Waals surface area contributed by atoms with Crippen LogP contribution in [0.1, 0.15) is 22.8 Å². The Kier molecular flexibility index (Phi) is 4.34. The van der Waals surface area contributed by atoms with Crippen LogP contribution in [0.3, 0.4) is 0 Å². The van der Waals surface area contributed by atoms with Gasteiger partial charge in [0.15, 0.2) is 0 Å². The minimum absolute atomic E-state index is 0.187. The topological polar surface area (TPSA) is 83.6 Å². The van der Waals surface area contributed by atoms with Crippen molar-refractivity contribution in [2.24, 2.45) is 5.92 Å². The largest absolute Gasteiger partial charge is 0.322 e. The Morgan fingerprint density at radius 1 is 1.16 bits per heavy atom. The summed E-state index contributed by atoms with van der Waals surface area (Å²) in [5.74, 6) is -1.65. The highest BCUT2D eigenvalue weighted by atomic mass is 32.2. The van der Waals surface area contributed by atoms with E-state index in [0.29, 0.717) is 5.69 Å². The van der Waals surface area contributed by atoms with Crippen molar-refractivity contribution in [1.82, 2.24) is 0 Å². The highest BCUT2D eigenvalue weighted by Gasteiger charge is 2.42. The summed E-state index contributed by atoms with van der Waals surface area (Å²) in [7, 11) is -3.69. The lowest BCUT2D eigenvalue weighted by atomic mass is 10.1. The molecular weight excluding hydrogens is 340 g/mol. The standard InChI is InChI=1S/C18H18N2O4S/c1-12-6-3-4-9-16(12)19-17(21)14-7-5-8-15(10-14)20-18(22)13(2)11-25(20,23)24/h3-10,13H,11H2,1-2H3,(H,19,21). The molecule has 2 amide bonds. The summed E-state index contributed by atoms with van der Waals surface area (Å²) in [4.78, 5) is 24.7. The number of benzene rings is 2. The summed E-state index contributed by atoms with van der Waals surface area (Å²) in [5, 5.41) is 2.79. The molecule has 1 saturated heterocycles. The summed E-state index contributed by atoms with van der Waals surface area (Å²) in [6, 6.07) is 13.4. The molecule has 3 rings (SSSR count). The van der Waals surface area contributed by atoms with E-state index < -0.39 is 21.8 Å². The normalized spacial score (nSPS) is 19.0. The van der Waals surface area contributed by atoms with E-state index in [2.05, 4.69) is 5.32 Å². The lowest BCUT2D eigenvalue weighted by Crippen LogP contribution is -2.30. The SMILES string of the molecule is Cc1ccccc1NC(=O)c1cccc(N2C(=O)C(C)CS2(=O)=O)c1. The summed E-state index contributed by atoms with van der Waals surface area (Å²) in [5.41, 5.74) is 2.06. The highest BCUT2D eigenvalue weighted by Crippen LogP contribution is 2.29. The van der Waals surface area contributed by atoms with Crippen LogP contribution in [0, 0.1) is 12.8 Å². The van der Waals surface area contributed by atoms with Gasteiger partial charge in [-0.25, -0.2) is 12.7 Å². The first-order valence-corrected chi connectivity index (χ1v) is 9.44. The van der Waals surface area contributed by atoms with Gasteiger partial charge in [-0.05, 0) is 36.8 Å². The average molecular weight is 358 g/mol. The van der Waals surface area contributed by atoms with Gasteiger partial charge in [-0.3, -0.25) is 9.59 Å². The Bertz CT molecular complexity index is 953. The van der Waals surface area contributed by atoms with E-state index in [-0.39, 0.29) is 22.9 Å². The van der Waals surface area contributed by atoms with E-state index in [0.717, 1.165) is 9.87 Å². The number of hydrogen-bond donors (Lipinski definition) is 1. The van der Waals surface area contributed by atoms with Crippen molar-refractivity contribution < 1.29 is 18.0 Å². The second kappa shape index (κ2) is 6.33. The van der Waals surface area contributed by atoms with Crippen molar-refractivity contribution >= 4 is 33.2 Å². The molecule has 1 atom stereocenters. The van der Waals surface area contributed by atoms with Gasteiger partial charge in [-0.2, -0.15) is 0 Å². The molecule has 0 bridgehead atoms. The predicted molar refractivity (Wildman–Crippen MR) is 96.0 cm³/mol. The van der Waals surface area contributed by atoms with Gasteiger partial charge in [-0.15, -0.1) is 0 Å². The molecule has 2 aromatic carbocycles. The van der Waals surface area contributed by atoms with Crippen molar-refractivity contribution in [3.8, 4) is 0 Å². The number of carbonyl (C=O) groups excluding carboxylic acids is 2. The fourth-order valence-corrected chi connectivity index (χ4v) is 4.58. The quantitative estimate of drug-likeness (QED) is 0.914. The molecular formula is C18H18N2O4S. The third-order valence-electron chi connectivity index (χ3n) is 4.10. The molecule has 2 aromatic rings. The Labute approximate surface area is 146 Å². The molecule has 1 fully saturated rings. The summed E-state index contributed by atoms with van der Waals surface area (Å²) in [6.07, 6.45) is 0. The lowest BCUT2D eigenvalue weighted by molar-refractivity contribution is -0.119. The van der Waals surface area contributed by atoms with Crippen molar-refractivity contribution in [2.75, 3.05) is 15.4 Å². The van der Waals surface area contributed by atoms with Gasteiger partial charge < -0.3 is 5.32 Å². The fourth-order valence-electron chi connectivity index (χ4n) is 2.77. The predicted octanol–water partition coefficient (Wildman–Crippen LogP) is 2.56. The Morgan fingerprint density at radius 3 is 2.52 bits per heavy atom. The Hall–Kier alpha value is -2.67. The molecule has 0 spiro atoms. The monoisotopic (exact) mass is 358 g/mol. The molecule has 1 unspecified atom stereocenters. The van der Waals surface area contributed by atoms with E-state index in [1.165, 1.54) is 12.1 Å². The van der Waals surface area contributed by atoms with Crippen LogP contribution >= 0.6 is 0 Å². The minimum Gasteiger partial charge on any atom is -0.322 e. The number of aryl methyl sites for hydroxylation is 1. The van der Waals surface area contributed by atoms with E-state index >= 15 is 0 Å². The van der Waals surface area contributed by atoms with E-state index in [1.807, 2.05) is 25.1 Å². The highest BCUT2D eigenvalue weighted by molar-refractivity contribution is 7.94. The van der Waals surface area contributed by atoms with Gasteiger partial charge in [0.1, 0.15) is 0 Å². The molecule has 130 valence electrons. The molecule has 0 aliphatic carbocycles. The third kappa shape index (κ3) is 3.28. The molecule has 1 aliphatic heterocycles. The van der Waals surface area contributed by atoms with Gasteiger partial charge in [0.25, 0.3) is 5.91 Å². The summed E-state index contributed by atoms with van der Waals surface area (Å²) < 4.78 is 25.2. The molecule has 7 heteroatoms. The van der Waals surface area contributed by atoms with Crippen LogP contribution < -0.4 is 9.62 Å². The van der Waals surface area contributed by atoms with Gasteiger partial charge in [0, 0.05) is 11.3 Å². The number of sulfonamides is 1. The van der Waals surface area contributed by atoms with Crippen LogP contribution in [0.5, 0.6) is 0 Å². The van der Waals surface area contributed by atoms with Gasteiger partial charge >= 0.3 is 0 Å². The first kappa shape index (κ1) is 17.2. The first-order valence-electron chi connectivity index (χ1n) is 7.83. The molecule has 0 saturated carbocycles. The van der Waals surface area contributed by atoms with E-state index in [1.54, 1.807) is 25.1 Å². The molecule has 25 heavy (non-hydrogen) atoms. The number of hydrogen-bond acceptors (Lipinski definition) is 4. The van der Waals surface area contributed by atoms with Crippen LogP contribution in [-0.4, -0.2) is 26.0 Å². The number of carbonyl (C=O) groups is 2. The van der Waals surface area contributed by atoms with Crippen LogP contribution in [0.25, 0.3) is 0 Å². The number of amides is 2. The third-order valence-corrected chi connectivity index (χ3v) is 5.96. The summed E-state index contributed by atoms with van der Waals surface area (Å²) >= 11 is 0. The maximum atomic E-state index is 12.5. The van der Waals surface area contributed by atoms with E-state index in [4.69, 9.17) is 0 Å². The maximum Gasteiger partial charge on any atom is 0.255 e. The van der Waals surface area contributed by atoms with E-state index in [9.17, 15) is 18.0 Å². The van der Waals surface area contributed by atoms with Crippen molar-refractivity contribution in [1.29, 1.82) is 0 Å². The Morgan fingerprint density at radius 2 is 1.88 bits per heavy atom. The molecule has 1 aliphatic rings. The Balaban J connectivity index is 1.91. The van der Waals surface area contributed by atoms with Gasteiger partial charge in [0.05, 0.1) is 17.4 Å². The average Bonchev–Trinajstić information content (AvgIpc) is 2.77. The first-order chi connectivity index (χ1) is 11.8. The van der Waals surface area contributed by atoms with Crippen LogP contribution in [0.15, 0.2) is 48.5 Å². The maximum absolute atomic E-state index is 12.5. The van der Waals surface area contributed by atoms with Gasteiger partial charge in [0.2, 0.25) is 15.9 Å². The summed E-state index contributed by atoms with van der Waals surface area (Å²) in [6.45, 7) is 3.46. The van der Waals surface area contributed by atoms with Crippen LogP contribution in [0.2, 0.25) is 0 Å². The van der Waals surface area contributed by atoms with Crippen molar-refractivity contribution in [3.63, 3.8) is 0 Å². The minimum atomic E-state index is -3.69. The zero-order valence-electron chi connectivity index (χ0n) is 13.9. The smallest absolute Gasteiger partial charge is 0.255 e. The van der Waals surface area contributed by atoms with Crippen molar-refractivity contribution in [2.45, 2.75) is 13.8 Å². The molecule has 0 aromatic heterocycles. The van der Waals surface area contributed by atoms with Gasteiger partial charge in [-0.1, -0.05) is 31.2 Å². The zero-order chi connectivity index (χ0) is 18.2. The number of anilines is 2.